The molecule has 3 rings (SSSR count). The first-order valence-corrected chi connectivity index (χ1v) is 6.19. The highest BCUT2D eigenvalue weighted by Gasteiger charge is 2.51. The van der Waals surface area contributed by atoms with E-state index in [1.54, 1.807) is 0 Å². The Morgan fingerprint density at radius 3 is 2.56 bits per heavy atom. The number of amides is 1. The van der Waals surface area contributed by atoms with E-state index in [4.69, 9.17) is 9.47 Å². The molecular weight excluding hydrogens is 238 g/mol. The molecule has 102 valence electrons. The molecule has 0 aromatic heterocycles. The van der Waals surface area contributed by atoms with Crippen molar-refractivity contribution in [3.05, 3.63) is 0 Å². The van der Waals surface area contributed by atoms with Gasteiger partial charge in [0, 0.05) is 6.04 Å². The van der Waals surface area contributed by atoms with Gasteiger partial charge >= 0.3 is 12.1 Å². The number of methoxy groups -OCH3 is 2. The van der Waals surface area contributed by atoms with Gasteiger partial charge in [-0.25, -0.2) is 4.79 Å². The lowest BCUT2D eigenvalue weighted by molar-refractivity contribution is -0.156. The van der Waals surface area contributed by atoms with Crippen LogP contribution in [0.1, 0.15) is 19.3 Å². The van der Waals surface area contributed by atoms with Gasteiger partial charge in [0.1, 0.15) is 0 Å². The third-order valence-corrected chi connectivity index (χ3v) is 4.19. The van der Waals surface area contributed by atoms with Crippen LogP contribution in [0.5, 0.6) is 0 Å². The molecular formula is C12H19NO5. The smallest absolute Gasteiger partial charge is 0.410 e. The molecule has 2 saturated heterocycles. The van der Waals surface area contributed by atoms with Crippen molar-refractivity contribution in [1.29, 1.82) is 0 Å². The molecule has 1 saturated carbocycles. The molecule has 4 unspecified atom stereocenters. The average Bonchev–Trinajstić information content (AvgIpc) is 2.44. The van der Waals surface area contributed by atoms with E-state index in [0.717, 1.165) is 12.8 Å². The fourth-order valence-corrected chi connectivity index (χ4v) is 3.36. The second-order valence-electron chi connectivity index (χ2n) is 4.90. The molecule has 3 aliphatic rings. The van der Waals surface area contributed by atoms with Gasteiger partial charge in [0.2, 0.25) is 0 Å². The molecule has 0 radical (unpaired) electrons. The van der Waals surface area contributed by atoms with Gasteiger partial charge in [-0.2, -0.15) is 0 Å². The Kier molecular flexibility index (Phi) is 3.75. The van der Waals surface area contributed by atoms with Gasteiger partial charge < -0.3 is 14.6 Å². The zero-order valence-electron chi connectivity index (χ0n) is 10.7. The van der Waals surface area contributed by atoms with Crippen LogP contribution in [-0.2, 0) is 14.3 Å². The lowest BCUT2D eigenvalue weighted by Crippen LogP contribution is -2.63. The molecule has 2 heterocycles. The van der Waals surface area contributed by atoms with Crippen molar-refractivity contribution in [1.82, 2.24) is 4.90 Å². The number of nitrogens with zero attached hydrogens (tertiary/aromatic N) is 1. The third-order valence-electron chi connectivity index (χ3n) is 4.19. The van der Waals surface area contributed by atoms with Crippen LogP contribution in [-0.4, -0.2) is 55.0 Å². The number of aliphatic hydroxyl groups is 1. The normalized spacial score (nSPS) is 34.3. The number of carbonyl (C=O) groups is 2. The average molecular weight is 257 g/mol. The van der Waals surface area contributed by atoms with Crippen LogP contribution in [0, 0.1) is 11.8 Å². The van der Waals surface area contributed by atoms with Crippen LogP contribution in [0.2, 0.25) is 0 Å². The first-order chi connectivity index (χ1) is 8.63. The summed E-state index contributed by atoms with van der Waals surface area (Å²) in [6.45, 7) is -0.0931. The molecule has 2 bridgehead atoms. The minimum absolute atomic E-state index is 0.0931. The largest absolute Gasteiger partial charge is 0.469 e. The summed E-state index contributed by atoms with van der Waals surface area (Å²) in [7, 11) is 2.67. The second-order valence-corrected chi connectivity index (χ2v) is 4.90. The van der Waals surface area contributed by atoms with Crippen molar-refractivity contribution in [3.63, 3.8) is 0 Å². The summed E-state index contributed by atoms with van der Waals surface area (Å²) >= 11 is 0. The summed E-state index contributed by atoms with van der Waals surface area (Å²) in [6.07, 6.45) is 1.89. The lowest BCUT2D eigenvalue weighted by Gasteiger charge is -2.52. The minimum Gasteiger partial charge on any atom is -0.469 e. The number of hydrogen-bond donors (Lipinski definition) is 1. The molecule has 0 aromatic carbocycles. The quantitative estimate of drug-likeness (QED) is 0.724. The third kappa shape index (κ3) is 1.94. The maximum Gasteiger partial charge on any atom is 0.410 e. The molecule has 3 fully saturated rings. The minimum atomic E-state index is -0.475. The summed E-state index contributed by atoms with van der Waals surface area (Å²) in [5, 5.41) is 9.44. The monoisotopic (exact) mass is 257 g/mol. The topological polar surface area (TPSA) is 76.1 Å². The van der Waals surface area contributed by atoms with Crippen LogP contribution >= 0.6 is 0 Å². The molecule has 6 nitrogen and oxygen atoms in total. The van der Waals surface area contributed by atoms with Crippen molar-refractivity contribution in [2.24, 2.45) is 11.8 Å². The van der Waals surface area contributed by atoms with Gasteiger partial charge in [-0.05, 0) is 25.2 Å². The van der Waals surface area contributed by atoms with Crippen LogP contribution in [0.15, 0.2) is 0 Å². The zero-order chi connectivity index (χ0) is 13.3. The molecule has 0 aromatic rings. The van der Waals surface area contributed by atoms with Crippen molar-refractivity contribution in [2.75, 3.05) is 20.8 Å². The van der Waals surface area contributed by atoms with Gasteiger partial charge in [-0.1, -0.05) is 0 Å². The second kappa shape index (κ2) is 5.14. The van der Waals surface area contributed by atoms with Crippen LogP contribution in [0.4, 0.5) is 4.79 Å². The Hall–Kier alpha value is -1.30. The summed E-state index contributed by atoms with van der Waals surface area (Å²) in [5.74, 6) is -0.436. The Morgan fingerprint density at radius 2 is 2.00 bits per heavy atom. The zero-order valence-corrected chi connectivity index (χ0v) is 10.7. The standard InChI is InChI=1S/C12H19NO5/c1-17-11(15)8-5-7-3-4-9(8)13(10(7)6-14)12(16)18-2/h7-10,14H,3-6H2,1-2H3. The molecule has 18 heavy (non-hydrogen) atoms. The van der Waals surface area contributed by atoms with E-state index in [2.05, 4.69) is 0 Å². The van der Waals surface area contributed by atoms with E-state index >= 15 is 0 Å². The van der Waals surface area contributed by atoms with E-state index in [1.807, 2.05) is 0 Å². The van der Waals surface area contributed by atoms with Crippen LogP contribution < -0.4 is 0 Å². The maximum atomic E-state index is 11.8. The number of piperidine rings is 2. The number of aliphatic hydroxyl groups excluding tert-OH is 1. The summed E-state index contributed by atoms with van der Waals surface area (Å²) in [6, 6.07) is -0.454. The fraction of sp³-hybridized carbons (Fsp3) is 0.833. The molecule has 2 aliphatic heterocycles. The van der Waals surface area contributed by atoms with Gasteiger partial charge in [0.25, 0.3) is 0 Å². The Morgan fingerprint density at radius 1 is 1.28 bits per heavy atom. The van der Waals surface area contributed by atoms with E-state index in [1.165, 1.54) is 19.1 Å². The molecule has 4 atom stereocenters. The van der Waals surface area contributed by atoms with Crippen molar-refractivity contribution >= 4 is 12.1 Å². The van der Waals surface area contributed by atoms with E-state index < -0.39 is 6.09 Å². The predicted molar refractivity (Wildman–Crippen MR) is 61.8 cm³/mol. The first-order valence-electron chi connectivity index (χ1n) is 6.19. The van der Waals surface area contributed by atoms with E-state index in [0.29, 0.717) is 6.42 Å². The van der Waals surface area contributed by atoms with E-state index in [-0.39, 0.29) is 36.5 Å². The number of carbonyl (C=O) groups excluding carboxylic acids is 2. The highest BCUT2D eigenvalue weighted by molar-refractivity contribution is 5.76. The fourth-order valence-electron chi connectivity index (χ4n) is 3.36. The van der Waals surface area contributed by atoms with Crippen molar-refractivity contribution < 1.29 is 24.2 Å². The van der Waals surface area contributed by atoms with Crippen molar-refractivity contribution in [3.8, 4) is 0 Å². The van der Waals surface area contributed by atoms with Crippen LogP contribution in [0.3, 0.4) is 0 Å². The Balaban J connectivity index is 2.25. The molecule has 6 heteroatoms. The number of fused-ring (bicyclic) bond motifs is 3. The Bertz CT molecular complexity index is 345. The lowest BCUT2D eigenvalue weighted by atomic mass is 9.69. The molecule has 1 aliphatic carbocycles. The van der Waals surface area contributed by atoms with Crippen molar-refractivity contribution in [2.45, 2.75) is 31.3 Å². The van der Waals surface area contributed by atoms with Gasteiger partial charge in [-0.15, -0.1) is 0 Å². The predicted octanol–water partition coefficient (Wildman–Crippen LogP) is 0.387. The van der Waals surface area contributed by atoms with Crippen LogP contribution in [0.25, 0.3) is 0 Å². The number of ether oxygens (including phenoxy) is 2. The Labute approximate surface area is 106 Å². The molecule has 1 amide bonds. The SMILES string of the molecule is COC(=O)C1CC2CCC1N(C(=O)OC)C2CO. The number of rotatable bonds is 2. The summed E-state index contributed by atoms with van der Waals surface area (Å²) < 4.78 is 9.55. The highest BCUT2D eigenvalue weighted by atomic mass is 16.5. The summed E-state index contributed by atoms with van der Waals surface area (Å²) in [4.78, 5) is 25.1. The van der Waals surface area contributed by atoms with Gasteiger partial charge in [-0.3, -0.25) is 9.69 Å². The highest BCUT2D eigenvalue weighted by Crippen LogP contribution is 2.43. The number of hydrogen-bond acceptors (Lipinski definition) is 5. The molecule has 1 N–H and O–H groups in total. The number of esters is 1. The van der Waals surface area contributed by atoms with Gasteiger partial charge in [0.05, 0.1) is 32.8 Å². The molecule has 0 spiro atoms. The first kappa shape index (κ1) is 13.1. The summed E-state index contributed by atoms with van der Waals surface area (Å²) in [5.41, 5.74) is 0. The van der Waals surface area contributed by atoms with Gasteiger partial charge in [0.15, 0.2) is 0 Å². The maximum absolute atomic E-state index is 11.8. The van der Waals surface area contributed by atoms with E-state index in [9.17, 15) is 14.7 Å².